The number of rotatable bonds is 4. The van der Waals surface area contributed by atoms with E-state index in [-0.39, 0.29) is 17.2 Å². The number of benzene rings is 1. The Bertz CT molecular complexity index is 899. The summed E-state index contributed by atoms with van der Waals surface area (Å²) in [4.78, 5) is 50.2. The minimum absolute atomic E-state index is 0.0584. The molecule has 8 nitrogen and oxygen atoms in total. The normalized spacial score (nSPS) is 14.2. The summed E-state index contributed by atoms with van der Waals surface area (Å²) in [5, 5.41) is 5.26. The van der Waals surface area contributed by atoms with Crippen LogP contribution in [0.3, 0.4) is 0 Å². The number of hydrogen-bond acceptors (Lipinski definition) is 5. The Kier molecular flexibility index (Phi) is 5.31. The van der Waals surface area contributed by atoms with Crippen molar-refractivity contribution in [1.82, 2.24) is 15.6 Å². The average Bonchev–Trinajstić information content (AvgIpc) is 3.12. The third kappa shape index (κ3) is 4.27. The molecule has 0 atom stereocenters. The third-order valence-corrected chi connectivity index (χ3v) is 4.23. The molecule has 1 aliphatic carbocycles. The molecule has 26 heavy (non-hydrogen) atoms. The summed E-state index contributed by atoms with van der Waals surface area (Å²) in [7, 11) is 0. The molecule has 3 rings (SSSR count). The van der Waals surface area contributed by atoms with Gasteiger partial charge in [0.1, 0.15) is 5.69 Å². The maximum absolute atomic E-state index is 12.0. The fourth-order valence-electron chi connectivity index (χ4n) is 2.97. The van der Waals surface area contributed by atoms with Crippen molar-refractivity contribution in [3.8, 4) is 0 Å². The Morgan fingerprint density at radius 1 is 1.15 bits per heavy atom. The van der Waals surface area contributed by atoms with Crippen LogP contribution in [-0.2, 0) is 9.53 Å². The van der Waals surface area contributed by atoms with Crippen molar-refractivity contribution in [3.63, 3.8) is 0 Å². The molecule has 136 valence electrons. The number of H-pyrrole nitrogens is 1. The first-order valence-electron chi connectivity index (χ1n) is 8.42. The molecule has 0 spiro atoms. The largest absolute Gasteiger partial charge is 0.451 e. The van der Waals surface area contributed by atoms with Gasteiger partial charge in [0.15, 0.2) is 12.0 Å². The zero-order valence-corrected chi connectivity index (χ0v) is 14.0. The maximum Gasteiger partial charge on any atom is 0.355 e. The van der Waals surface area contributed by atoms with Crippen LogP contribution in [0.5, 0.6) is 0 Å². The van der Waals surface area contributed by atoms with Crippen molar-refractivity contribution >= 4 is 28.8 Å². The number of hydrogen-bond donors (Lipinski definition) is 3. The predicted octanol–water partition coefficient (Wildman–Crippen LogP) is 1.45. The highest BCUT2D eigenvalue weighted by Crippen LogP contribution is 2.17. The Balaban J connectivity index is 1.54. The van der Waals surface area contributed by atoms with E-state index in [0.717, 1.165) is 31.7 Å². The molecule has 8 heteroatoms. The van der Waals surface area contributed by atoms with Crippen LogP contribution in [0.4, 0.5) is 4.79 Å². The quantitative estimate of drug-likeness (QED) is 0.716. The van der Waals surface area contributed by atoms with Crippen LogP contribution in [0.15, 0.2) is 35.1 Å². The lowest BCUT2D eigenvalue weighted by Crippen LogP contribution is -2.45. The van der Waals surface area contributed by atoms with Crippen LogP contribution in [-0.4, -0.2) is 35.5 Å². The Hall–Kier alpha value is -3.16. The second-order valence-corrected chi connectivity index (χ2v) is 6.17. The van der Waals surface area contributed by atoms with Gasteiger partial charge in [0.2, 0.25) is 0 Å². The van der Waals surface area contributed by atoms with Gasteiger partial charge in [0.25, 0.3) is 5.91 Å². The van der Waals surface area contributed by atoms with E-state index >= 15 is 0 Å². The van der Waals surface area contributed by atoms with Crippen LogP contribution >= 0.6 is 0 Å². The van der Waals surface area contributed by atoms with Gasteiger partial charge in [-0.25, -0.2) is 9.59 Å². The van der Waals surface area contributed by atoms with E-state index < -0.39 is 24.5 Å². The summed E-state index contributed by atoms with van der Waals surface area (Å²) in [6.07, 6.45) is 3.90. The van der Waals surface area contributed by atoms with E-state index in [0.29, 0.717) is 10.9 Å². The molecule has 3 N–H and O–H groups in total. The van der Waals surface area contributed by atoms with E-state index in [2.05, 4.69) is 15.6 Å². The van der Waals surface area contributed by atoms with Gasteiger partial charge < -0.3 is 15.0 Å². The van der Waals surface area contributed by atoms with Crippen LogP contribution < -0.4 is 16.1 Å². The second-order valence-electron chi connectivity index (χ2n) is 6.17. The highest BCUT2D eigenvalue weighted by Gasteiger charge is 2.19. The van der Waals surface area contributed by atoms with E-state index in [4.69, 9.17) is 4.74 Å². The predicted molar refractivity (Wildman–Crippen MR) is 93.8 cm³/mol. The Morgan fingerprint density at radius 3 is 2.65 bits per heavy atom. The van der Waals surface area contributed by atoms with Crippen LogP contribution in [0, 0.1) is 0 Å². The standard InChI is InChI=1S/C18H19N3O5/c22-15-9-14(20-13-8-4-3-7-12(13)15)17(24)26-10-16(23)21-18(25)19-11-5-1-2-6-11/h3-4,7-9,11H,1-2,5-6,10H2,(H,20,22)(H2,19,21,23,25). The molecular formula is C18H19N3O5. The van der Waals surface area contributed by atoms with Gasteiger partial charge in [-0.05, 0) is 25.0 Å². The molecule has 1 heterocycles. The number of aromatic amines is 1. The Labute approximate surface area is 148 Å². The average molecular weight is 357 g/mol. The third-order valence-electron chi connectivity index (χ3n) is 4.23. The number of esters is 1. The Morgan fingerprint density at radius 2 is 1.88 bits per heavy atom. The van der Waals surface area contributed by atoms with Gasteiger partial charge in [-0.1, -0.05) is 25.0 Å². The van der Waals surface area contributed by atoms with Crippen molar-refractivity contribution in [2.45, 2.75) is 31.7 Å². The number of amides is 3. The molecule has 1 saturated carbocycles. The number of ether oxygens (including phenoxy) is 1. The fourth-order valence-corrected chi connectivity index (χ4v) is 2.97. The molecule has 0 aliphatic heterocycles. The first kappa shape index (κ1) is 17.7. The first-order valence-corrected chi connectivity index (χ1v) is 8.42. The highest BCUT2D eigenvalue weighted by atomic mass is 16.5. The molecule has 0 radical (unpaired) electrons. The number of carbonyl (C=O) groups is 3. The van der Waals surface area contributed by atoms with Crippen molar-refractivity contribution < 1.29 is 19.1 Å². The zero-order valence-electron chi connectivity index (χ0n) is 14.0. The fraction of sp³-hybridized carbons (Fsp3) is 0.333. The number of para-hydroxylation sites is 1. The van der Waals surface area contributed by atoms with Gasteiger partial charge in [-0.15, -0.1) is 0 Å². The van der Waals surface area contributed by atoms with Crippen molar-refractivity contribution in [1.29, 1.82) is 0 Å². The van der Waals surface area contributed by atoms with Gasteiger partial charge in [-0.3, -0.25) is 14.9 Å². The zero-order chi connectivity index (χ0) is 18.5. The van der Waals surface area contributed by atoms with Crippen LogP contribution in [0.25, 0.3) is 10.9 Å². The number of imide groups is 1. The minimum atomic E-state index is -0.848. The highest BCUT2D eigenvalue weighted by molar-refractivity contribution is 5.97. The number of carbonyl (C=O) groups excluding carboxylic acids is 3. The lowest BCUT2D eigenvalue weighted by molar-refractivity contribution is -0.123. The second kappa shape index (κ2) is 7.81. The van der Waals surface area contributed by atoms with Gasteiger partial charge in [0, 0.05) is 23.0 Å². The molecule has 1 aliphatic rings. The molecular weight excluding hydrogens is 338 g/mol. The van der Waals surface area contributed by atoms with Crippen molar-refractivity contribution in [2.75, 3.05) is 6.61 Å². The van der Waals surface area contributed by atoms with E-state index in [1.807, 2.05) is 0 Å². The van der Waals surface area contributed by atoms with Crippen LogP contribution in [0.2, 0.25) is 0 Å². The summed E-state index contributed by atoms with van der Waals surface area (Å²) in [6.45, 7) is -0.619. The topological polar surface area (TPSA) is 117 Å². The molecule has 3 amide bonds. The smallest absolute Gasteiger partial charge is 0.355 e. The number of fused-ring (bicyclic) bond motifs is 1. The number of urea groups is 1. The van der Waals surface area contributed by atoms with Crippen molar-refractivity contribution in [3.05, 3.63) is 46.2 Å². The summed E-state index contributed by atoms with van der Waals surface area (Å²) >= 11 is 0. The molecule has 1 aromatic heterocycles. The lowest BCUT2D eigenvalue weighted by atomic mass is 10.2. The molecule has 0 unspecified atom stereocenters. The summed E-state index contributed by atoms with van der Waals surface area (Å²) in [5.74, 6) is -1.59. The molecule has 0 bridgehead atoms. The van der Waals surface area contributed by atoms with Crippen LogP contribution in [0.1, 0.15) is 36.2 Å². The molecule has 0 saturated heterocycles. The van der Waals surface area contributed by atoms with E-state index in [9.17, 15) is 19.2 Å². The number of aromatic nitrogens is 1. The van der Waals surface area contributed by atoms with Gasteiger partial charge in [0.05, 0.1) is 0 Å². The lowest BCUT2D eigenvalue weighted by Gasteiger charge is -2.12. The SMILES string of the molecule is O=C(COC(=O)c1cc(=O)c2ccccc2[nH]1)NC(=O)NC1CCCC1. The van der Waals surface area contributed by atoms with E-state index in [1.54, 1.807) is 24.3 Å². The van der Waals surface area contributed by atoms with Crippen molar-refractivity contribution in [2.24, 2.45) is 0 Å². The van der Waals surface area contributed by atoms with E-state index in [1.165, 1.54) is 0 Å². The number of pyridine rings is 1. The van der Waals surface area contributed by atoms with Gasteiger partial charge >= 0.3 is 12.0 Å². The summed E-state index contributed by atoms with van der Waals surface area (Å²) in [6, 6.07) is 7.34. The molecule has 2 aromatic rings. The number of nitrogens with one attached hydrogen (secondary N) is 3. The maximum atomic E-state index is 12.0. The van der Waals surface area contributed by atoms with Gasteiger partial charge in [-0.2, -0.15) is 0 Å². The summed E-state index contributed by atoms with van der Waals surface area (Å²) in [5.41, 5.74) is 0.107. The molecule has 1 fully saturated rings. The first-order chi connectivity index (χ1) is 12.5. The minimum Gasteiger partial charge on any atom is -0.451 e. The summed E-state index contributed by atoms with van der Waals surface area (Å²) < 4.78 is 4.86. The molecule has 1 aromatic carbocycles. The monoisotopic (exact) mass is 357 g/mol.